The van der Waals surface area contributed by atoms with Gasteiger partial charge in [0.25, 0.3) is 0 Å². The molecule has 0 aromatic heterocycles. The lowest BCUT2D eigenvalue weighted by Crippen LogP contribution is -2.30. The first-order chi connectivity index (χ1) is 10.6. The molecule has 6 heteroatoms. The van der Waals surface area contributed by atoms with E-state index >= 15 is 0 Å². The van der Waals surface area contributed by atoms with Crippen LogP contribution in [-0.4, -0.2) is 44.1 Å². The fourth-order valence-electron chi connectivity index (χ4n) is 2.67. The molecule has 1 N–H and O–H groups in total. The largest absolute Gasteiger partial charge is 0.492 e. The molecule has 122 valence electrons. The van der Waals surface area contributed by atoms with Crippen molar-refractivity contribution < 1.29 is 9.53 Å². The molecule has 1 heterocycles. The number of carbonyl (C=O) groups excluding carboxylic acids is 1. The molecule has 1 aromatic rings. The Kier molecular flexibility index (Phi) is 6.80. The molecule has 1 aliphatic heterocycles. The number of rotatable bonds is 7. The minimum Gasteiger partial charge on any atom is -0.492 e. The average molecular weight is 345 g/mol. The van der Waals surface area contributed by atoms with Gasteiger partial charge in [-0.3, -0.25) is 4.79 Å². The zero-order chi connectivity index (χ0) is 15.9. The van der Waals surface area contributed by atoms with E-state index in [1.807, 2.05) is 11.9 Å². The fraction of sp³-hybridized carbons (Fsp3) is 0.562. The van der Waals surface area contributed by atoms with Crippen molar-refractivity contribution in [3.8, 4) is 5.75 Å². The summed E-state index contributed by atoms with van der Waals surface area (Å²) in [6.45, 7) is 3.16. The summed E-state index contributed by atoms with van der Waals surface area (Å²) in [6, 6.07) is 5.29. The monoisotopic (exact) mass is 344 g/mol. The van der Waals surface area contributed by atoms with E-state index in [1.165, 1.54) is 0 Å². The van der Waals surface area contributed by atoms with E-state index in [-0.39, 0.29) is 5.91 Å². The van der Waals surface area contributed by atoms with Crippen LogP contribution in [0, 0.1) is 5.92 Å². The Bertz CT molecular complexity index is 511. The summed E-state index contributed by atoms with van der Waals surface area (Å²) in [5.41, 5.74) is 0. The first-order valence-corrected chi connectivity index (χ1v) is 8.36. The Morgan fingerprint density at radius 3 is 3.05 bits per heavy atom. The van der Waals surface area contributed by atoms with Crippen molar-refractivity contribution in [1.29, 1.82) is 0 Å². The van der Waals surface area contributed by atoms with E-state index in [0.29, 0.717) is 41.2 Å². The molecular formula is C16H22Cl2N2O2. The molecule has 0 spiro atoms. The molecule has 1 atom stereocenters. The number of amides is 1. The number of hydrogen-bond donors (Lipinski definition) is 1. The normalized spacial score (nSPS) is 17.8. The summed E-state index contributed by atoms with van der Waals surface area (Å²) < 4.78 is 5.59. The van der Waals surface area contributed by atoms with E-state index in [2.05, 4.69) is 5.32 Å². The summed E-state index contributed by atoms with van der Waals surface area (Å²) in [5.74, 6) is 1.35. The molecule has 0 radical (unpaired) electrons. The lowest BCUT2D eigenvalue weighted by molar-refractivity contribution is -0.130. The Labute approximate surface area is 141 Å². The van der Waals surface area contributed by atoms with E-state index in [4.69, 9.17) is 27.9 Å². The standard InChI is InChI=1S/C16H22Cl2N2O2/c1-19-10-12-7-8-20(11-12)15(21)6-3-9-22-14-5-2-4-13(17)16(14)18/h2,4-5,12,19H,3,6-11H2,1H3/t12-/m1/s1. The van der Waals surface area contributed by atoms with E-state index in [0.717, 1.165) is 26.1 Å². The third kappa shape index (κ3) is 4.77. The second kappa shape index (κ2) is 8.61. The van der Waals surface area contributed by atoms with Crippen molar-refractivity contribution in [2.24, 2.45) is 5.92 Å². The van der Waals surface area contributed by atoms with E-state index < -0.39 is 0 Å². The topological polar surface area (TPSA) is 41.6 Å². The molecule has 0 bridgehead atoms. The number of benzene rings is 1. The van der Waals surface area contributed by atoms with Gasteiger partial charge < -0.3 is 15.0 Å². The lowest BCUT2D eigenvalue weighted by Gasteiger charge is -2.16. The van der Waals surface area contributed by atoms with Crippen molar-refractivity contribution in [1.82, 2.24) is 10.2 Å². The minimum atomic E-state index is 0.208. The van der Waals surface area contributed by atoms with Crippen LogP contribution in [0.3, 0.4) is 0 Å². The maximum atomic E-state index is 12.1. The van der Waals surface area contributed by atoms with Gasteiger partial charge in [0.2, 0.25) is 5.91 Å². The summed E-state index contributed by atoms with van der Waals surface area (Å²) >= 11 is 12.0. The molecular weight excluding hydrogens is 323 g/mol. The third-order valence-corrected chi connectivity index (χ3v) is 4.64. The highest BCUT2D eigenvalue weighted by Gasteiger charge is 2.25. The van der Waals surface area contributed by atoms with Gasteiger partial charge in [-0.2, -0.15) is 0 Å². The Hall–Kier alpha value is -0.970. The van der Waals surface area contributed by atoms with Crippen LogP contribution in [0.15, 0.2) is 18.2 Å². The predicted molar refractivity (Wildman–Crippen MR) is 89.8 cm³/mol. The van der Waals surface area contributed by atoms with Crippen molar-refractivity contribution >= 4 is 29.1 Å². The summed E-state index contributed by atoms with van der Waals surface area (Å²) in [7, 11) is 1.95. The molecule has 0 aliphatic carbocycles. The molecule has 1 fully saturated rings. The molecule has 1 saturated heterocycles. The number of halogens is 2. The summed E-state index contributed by atoms with van der Waals surface area (Å²) in [6.07, 6.45) is 2.26. The van der Waals surface area contributed by atoms with Crippen molar-refractivity contribution in [2.45, 2.75) is 19.3 Å². The quantitative estimate of drug-likeness (QED) is 0.772. The average Bonchev–Trinajstić information content (AvgIpc) is 2.96. The lowest BCUT2D eigenvalue weighted by atomic mass is 10.1. The first kappa shape index (κ1) is 17.4. The first-order valence-electron chi connectivity index (χ1n) is 7.61. The van der Waals surface area contributed by atoms with Gasteiger partial charge >= 0.3 is 0 Å². The number of ether oxygens (including phenoxy) is 1. The van der Waals surface area contributed by atoms with Crippen LogP contribution >= 0.6 is 23.2 Å². The molecule has 2 rings (SSSR count). The maximum absolute atomic E-state index is 12.1. The fourth-order valence-corrected chi connectivity index (χ4v) is 3.02. The maximum Gasteiger partial charge on any atom is 0.222 e. The number of hydrogen-bond acceptors (Lipinski definition) is 3. The van der Waals surface area contributed by atoms with Crippen LogP contribution in [0.5, 0.6) is 5.75 Å². The molecule has 22 heavy (non-hydrogen) atoms. The van der Waals surface area contributed by atoms with Gasteiger partial charge in [-0.15, -0.1) is 0 Å². The minimum absolute atomic E-state index is 0.208. The highest BCUT2D eigenvalue weighted by Crippen LogP contribution is 2.31. The molecule has 0 saturated carbocycles. The zero-order valence-corrected chi connectivity index (χ0v) is 14.3. The zero-order valence-electron chi connectivity index (χ0n) is 12.8. The summed E-state index contributed by atoms with van der Waals surface area (Å²) in [5, 5.41) is 4.06. The second-order valence-electron chi connectivity index (χ2n) is 5.56. The van der Waals surface area contributed by atoms with Crippen LogP contribution in [0.2, 0.25) is 10.0 Å². The SMILES string of the molecule is CNC[C@H]1CCN(C(=O)CCCOc2cccc(Cl)c2Cl)C1. The molecule has 4 nitrogen and oxygen atoms in total. The van der Waals surface area contributed by atoms with E-state index in [9.17, 15) is 4.79 Å². The Morgan fingerprint density at radius 1 is 1.45 bits per heavy atom. The molecule has 0 unspecified atom stereocenters. The van der Waals surface area contributed by atoms with Crippen molar-refractivity contribution in [3.63, 3.8) is 0 Å². The van der Waals surface area contributed by atoms with Gasteiger partial charge in [0.1, 0.15) is 10.8 Å². The number of nitrogens with zero attached hydrogens (tertiary/aromatic N) is 1. The molecule has 1 aliphatic rings. The number of likely N-dealkylation sites (tertiary alicyclic amines) is 1. The molecule has 1 aromatic carbocycles. The highest BCUT2D eigenvalue weighted by molar-refractivity contribution is 6.42. The van der Waals surface area contributed by atoms with Crippen LogP contribution in [0.25, 0.3) is 0 Å². The van der Waals surface area contributed by atoms with Crippen molar-refractivity contribution in [3.05, 3.63) is 28.2 Å². The highest BCUT2D eigenvalue weighted by atomic mass is 35.5. The van der Waals surface area contributed by atoms with Crippen LogP contribution in [0.1, 0.15) is 19.3 Å². The Morgan fingerprint density at radius 2 is 2.27 bits per heavy atom. The third-order valence-electron chi connectivity index (χ3n) is 3.84. The van der Waals surface area contributed by atoms with E-state index in [1.54, 1.807) is 18.2 Å². The smallest absolute Gasteiger partial charge is 0.222 e. The van der Waals surface area contributed by atoms with Gasteiger partial charge in [0.05, 0.1) is 11.6 Å². The number of nitrogens with one attached hydrogen (secondary N) is 1. The van der Waals surface area contributed by atoms with Crippen LogP contribution in [0.4, 0.5) is 0 Å². The van der Waals surface area contributed by atoms with Gasteiger partial charge in [-0.1, -0.05) is 29.3 Å². The summed E-state index contributed by atoms with van der Waals surface area (Å²) in [4.78, 5) is 14.1. The van der Waals surface area contributed by atoms with Crippen LogP contribution < -0.4 is 10.1 Å². The van der Waals surface area contributed by atoms with Gasteiger partial charge in [0.15, 0.2) is 0 Å². The van der Waals surface area contributed by atoms with Gasteiger partial charge in [-0.25, -0.2) is 0 Å². The second-order valence-corrected chi connectivity index (χ2v) is 6.34. The predicted octanol–water partition coefficient (Wildman–Crippen LogP) is 3.22. The molecule has 1 amide bonds. The van der Waals surface area contributed by atoms with Crippen molar-refractivity contribution in [2.75, 3.05) is 33.3 Å². The van der Waals surface area contributed by atoms with Crippen LogP contribution in [-0.2, 0) is 4.79 Å². The van der Waals surface area contributed by atoms with Gasteiger partial charge in [-0.05, 0) is 44.5 Å². The van der Waals surface area contributed by atoms with Gasteiger partial charge in [0, 0.05) is 19.5 Å². The number of carbonyl (C=O) groups is 1. The Balaban J connectivity index is 1.68.